The molecule has 0 fully saturated rings. The molecule has 0 saturated heterocycles. The van der Waals surface area contributed by atoms with Gasteiger partial charge in [-0.25, -0.2) is 9.78 Å². The fraction of sp³-hybridized carbons (Fsp3) is 0.636. The summed E-state index contributed by atoms with van der Waals surface area (Å²) in [4.78, 5) is 15.7. The Bertz CT molecular complexity index is 324. The molecule has 1 aromatic heterocycles. The summed E-state index contributed by atoms with van der Waals surface area (Å²) in [6.45, 7) is 5.19. The average molecular weight is 225 g/mol. The third kappa shape index (κ3) is 3.06. The number of nitrogens with one attached hydrogen (secondary N) is 1. The minimum Gasteiger partial charge on any atom is -0.468 e. The summed E-state index contributed by atoms with van der Waals surface area (Å²) in [5, 5.41) is 3.21. The number of nitrogens with zero attached hydrogens (tertiary/aromatic N) is 2. The minimum atomic E-state index is -0.703. The second-order valence-corrected chi connectivity index (χ2v) is 3.99. The van der Waals surface area contributed by atoms with Crippen molar-refractivity contribution < 1.29 is 9.53 Å². The average Bonchev–Trinajstić information content (AvgIpc) is 2.77. The summed E-state index contributed by atoms with van der Waals surface area (Å²) in [6.07, 6.45) is 6.18. The van der Waals surface area contributed by atoms with Crippen molar-refractivity contribution in [3.8, 4) is 0 Å². The molecule has 1 unspecified atom stereocenters. The van der Waals surface area contributed by atoms with Crippen LogP contribution in [0, 0.1) is 0 Å². The third-order valence-corrected chi connectivity index (χ3v) is 2.46. The number of carbonyl (C=O) groups excluding carboxylic acids is 1. The molecule has 0 saturated carbocycles. The molecule has 0 amide bonds. The Morgan fingerprint density at radius 3 is 2.88 bits per heavy atom. The van der Waals surface area contributed by atoms with Crippen molar-refractivity contribution in [2.75, 3.05) is 13.7 Å². The first-order chi connectivity index (χ1) is 7.62. The SMILES string of the molecule is CCCNC(C)(Cn1ccnc1)C(=O)OC. The number of imidazole rings is 1. The van der Waals surface area contributed by atoms with E-state index < -0.39 is 5.54 Å². The monoisotopic (exact) mass is 225 g/mol. The van der Waals surface area contributed by atoms with Gasteiger partial charge in [0.25, 0.3) is 0 Å². The number of ether oxygens (including phenoxy) is 1. The van der Waals surface area contributed by atoms with E-state index in [9.17, 15) is 4.79 Å². The Morgan fingerprint density at radius 2 is 2.38 bits per heavy atom. The zero-order valence-corrected chi connectivity index (χ0v) is 10.1. The van der Waals surface area contributed by atoms with Gasteiger partial charge in [-0.2, -0.15) is 0 Å². The molecule has 0 bridgehead atoms. The molecular weight excluding hydrogens is 206 g/mol. The Labute approximate surface area is 95.8 Å². The number of hydrogen-bond donors (Lipinski definition) is 1. The minimum absolute atomic E-state index is 0.255. The summed E-state index contributed by atoms with van der Waals surface area (Å²) in [5.74, 6) is -0.255. The van der Waals surface area contributed by atoms with Crippen LogP contribution in [0.1, 0.15) is 20.3 Å². The van der Waals surface area contributed by atoms with Crippen LogP contribution in [0.4, 0.5) is 0 Å². The maximum absolute atomic E-state index is 11.7. The maximum Gasteiger partial charge on any atom is 0.327 e. The first kappa shape index (κ1) is 12.7. The van der Waals surface area contributed by atoms with Gasteiger partial charge in [-0.15, -0.1) is 0 Å². The van der Waals surface area contributed by atoms with Gasteiger partial charge in [0.05, 0.1) is 20.0 Å². The molecule has 90 valence electrons. The van der Waals surface area contributed by atoms with Crippen LogP contribution in [0.15, 0.2) is 18.7 Å². The van der Waals surface area contributed by atoms with E-state index in [4.69, 9.17) is 4.74 Å². The van der Waals surface area contributed by atoms with Gasteiger partial charge < -0.3 is 14.6 Å². The Morgan fingerprint density at radius 1 is 1.62 bits per heavy atom. The highest BCUT2D eigenvalue weighted by molar-refractivity contribution is 5.80. The maximum atomic E-state index is 11.7. The highest BCUT2D eigenvalue weighted by Gasteiger charge is 2.33. The van der Waals surface area contributed by atoms with E-state index in [0.717, 1.165) is 13.0 Å². The number of rotatable bonds is 6. The van der Waals surface area contributed by atoms with Crippen LogP contribution in [-0.4, -0.2) is 34.7 Å². The van der Waals surface area contributed by atoms with Gasteiger partial charge in [0, 0.05) is 12.4 Å². The molecule has 0 aromatic carbocycles. The molecule has 0 aliphatic heterocycles. The van der Waals surface area contributed by atoms with Gasteiger partial charge in [-0.05, 0) is 19.9 Å². The van der Waals surface area contributed by atoms with Gasteiger partial charge >= 0.3 is 5.97 Å². The second kappa shape index (κ2) is 5.65. The zero-order valence-electron chi connectivity index (χ0n) is 10.1. The van der Waals surface area contributed by atoms with Crippen LogP contribution in [0.5, 0.6) is 0 Å². The zero-order chi connectivity index (χ0) is 12.0. The van der Waals surface area contributed by atoms with Crippen LogP contribution < -0.4 is 5.32 Å². The van der Waals surface area contributed by atoms with Gasteiger partial charge in [-0.1, -0.05) is 6.92 Å². The highest BCUT2D eigenvalue weighted by Crippen LogP contribution is 2.10. The number of methoxy groups -OCH3 is 1. The van der Waals surface area contributed by atoms with Crippen LogP contribution in [0.2, 0.25) is 0 Å². The molecular formula is C11H19N3O2. The van der Waals surface area contributed by atoms with Gasteiger partial charge in [0.2, 0.25) is 0 Å². The van der Waals surface area contributed by atoms with E-state index in [-0.39, 0.29) is 5.97 Å². The molecule has 0 radical (unpaired) electrons. The van der Waals surface area contributed by atoms with Crippen molar-refractivity contribution in [3.05, 3.63) is 18.7 Å². The predicted molar refractivity (Wildman–Crippen MR) is 60.9 cm³/mol. The molecule has 1 aromatic rings. The fourth-order valence-electron chi connectivity index (χ4n) is 1.56. The van der Waals surface area contributed by atoms with E-state index >= 15 is 0 Å². The molecule has 1 N–H and O–H groups in total. The van der Waals surface area contributed by atoms with Crippen molar-refractivity contribution in [1.29, 1.82) is 0 Å². The Balaban J connectivity index is 2.73. The molecule has 1 heterocycles. The normalized spacial score (nSPS) is 14.4. The van der Waals surface area contributed by atoms with Crippen molar-refractivity contribution in [3.63, 3.8) is 0 Å². The summed E-state index contributed by atoms with van der Waals surface area (Å²) >= 11 is 0. The van der Waals surface area contributed by atoms with E-state index in [0.29, 0.717) is 6.54 Å². The summed E-state index contributed by atoms with van der Waals surface area (Å²) < 4.78 is 6.69. The number of carbonyl (C=O) groups is 1. The molecule has 1 rings (SSSR count). The summed E-state index contributed by atoms with van der Waals surface area (Å²) in [7, 11) is 1.40. The van der Waals surface area contributed by atoms with Crippen molar-refractivity contribution in [2.24, 2.45) is 0 Å². The summed E-state index contributed by atoms with van der Waals surface area (Å²) in [6, 6.07) is 0. The standard InChI is InChI=1S/C11H19N3O2/c1-4-5-13-11(2,10(15)16-3)8-14-7-6-12-9-14/h6-7,9,13H,4-5,8H2,1-3H3. The molecule has 5 nitrogen and oxygen atoms in total. The molecule has 0 aliphatic rings. The second-order valence-electron chi connectivity index (χ2n) is 3.99. The third-order valence-electron chi connectivity index (χ3n) is 2.46. The van der Waals surface area contributed by atoms with E-state index in [1.54, 1.807) is 12.5 Å². The van der Waals surface area contributed by atoms with Crippen LogP contribution >= 0.6 is 0 Å². The Kier molecular flexibility index (Phi) is 4.49. The first-order valence-electron chi connectivity index (χ1n) is 5.41. The lowest BCUT2D eigenvalue weighted by Gasteiger charge is -2.28. The Hall–Kier alpha value is -1.36. The number of hydrogen-bond acceptors (Lipinski definition) is 4. The van der Waals surface area contributed by atoms with Gasteiger partial charge in [-0.3, -0.25) is 0 Å². The van der Waals surface area contributed by atoms with Crippen LogP contribution in [0.25, 0.3) is 0 Å². The van der Waals surface area contributed by atoms with Crippen LogP contribution in [-0.2, 0) is 16.1 Å². The molecule has 1 atom stereocenters. The summed E-state index contributed by atoms with van der Waals surface area (Å²) in [5.41, 5.74) is -0.703. The topological polar surface area (TPSA) is 56.2 Å². The lowest BCUT2D eigenvalue weighted by molar-refractivity contribution is -0.148. The predicted octanol–water partition coefficient (Wildman–Crippen LogP) is 0.814. The largest absolute Gasteiger partial charge is 0.468 e. The van der Waals surface area contributed by atoms with Crippen molar-refractivity contribution in [1.82, 2.24) is 14.9 Å². The van der Waals surface area contributed by atoms with Gasteiger partial charge in [0.1, 0.15) is 5.54 Å². The smallest absolute Gasteiger partial charge is 0.327 e. The lowest BCUT2D eigenvalue weighted by atomic mass is 10.0. The number of aromatic nitrogens is 2. The molecule has 5 heteroatoms. The quantitative estimate of drug-likeness (QED) is 0.728. The fourth-order valence-corrected chi connectivity index (χ4v) is 1.56. The lowest BCUT2D eigenvalue weighted by Crippen LogP contribution is -2.53. The van der Waals surface area contributed by atoms with Crippen molar-refractivity contribution >= 4 is 5.97 Å². The van der Waals surface area contributed by atoms with E-state index in [2.05, 4.69) is 17.2 Å². The van der Waals surface area contributed by atoms with Crippen molar-refractivity contribution in [2.45, 2.75) is 32.4 Å². The van der Waals surface area contributed by atoms with Gasteiger partial charge in [0.15, 0.2) is 0 Å². The highest BCUT2D eigenvalue weighted by atomic mass is 16.5. The molecule has 0 aliphatic carbocycles. The first-order valence-corrected chi connectivity index (χ1v) is 5.41. The number of esters is 1. The van der Waals surface area contributed by atoms with E-state index in [1.807, 2.05) is 17.7 Å². The van der Waals surface area contributed by atoms with E-state index in [1.165, 1.54) is 7.11 Å². The molecule has 0 spiro atoms. The van der Waals surface area contributed by atoms with Crippen LogP contribution in [0.3, 0.4) is 0 Å². The molecule has 16 heavy (non-hydrogen) atoms.